The lowest BCUT2D eigenvalue weighted by Gasteiger charge is -2.17. The lowest BCUT2D eigenvalue weighted by atomic mass is 10.4. The van der Waals surface area contributed by atoms with E-state index in [-0.39, 0.29) is 0 Å². The van der Waals surface area contributed by atoms with Crippen LogP contribution in [-0.2, 0) is 9.47 Å². The standard InChI is InChI=1S/C7H15O3/c1-4-5-10-7(9-3)6(2)8/h6-8H,1,4-5H2,2-3H3. The molecule has 0 aromatic carbocycles. The predicted octanol–water partition coefficient (Wildman–Crippen LogP) is 0.580. The van der Waals surface area contributed by atoms with E-state index in [1.807, 2.05) is 0 Å². The maximum Gasteiger partial charge on any atom is 0.182 e. The zero-order chi connectivity index (χ0) is 7.98. The summed E-state index contributed by atoms with van der Waals surface area (Å²) in [7, 11) is 1.50. The summed E-state index contributed by atoms with van der Waals surface area (Å²) in [6, 6.07) is 0. The highest BCUT2D eigenvalue weighted by molar-refractivity contribution is 4.51. The van der Waals surface area contributed by atoms with Gasteiger partial charge in [0, 0.05) is 13.7 Å². The van der Waals surface area contributed by atoms with E-state index in [2.05, 4.69) is 6.92 Å². The normalized spacial score (nSPS) is 16.8. The maximum absolute atomic E-state index is 8.97. The Morgan fingerprint density at radius 3 is 2.50 bits per heavy atom. The van der Waals surface area contributed by atoms with Gasteiger partial charge in [-0.05, 0) is 13.3 Å². The largest absolute Gasteiger partial charge is 0.388 e. The molecular weight excluding hydrogens is 132 g/mol. The minimum atomic E-state index is -0.587. The van der Waals surface area contributed by atoms with Crippen LogP contribution < -0.4 is 0 Å². The molecule has 1 radical (unpaired) electrons. The van der Waals surface area contributed by atoms with Gasteiger partial charge in [0.05, 0.1) is 0 Å². The van der Waals surface area contributed by atoms with Gasteiger partial charge in [-0.2, -0.15) is 0 Å². The van der Waals surface area contributed by atoms with Crippen molar-refractivity contribution in [3.63, 3.8) is 0 Å². The summed E-state index contributed by atoms with van der Waals surface area (Å²) in [6.07, 6.45) is -0.412. The summed E-state index contributed by atoms with van der Waals surface area (Å²) in [5.74, 6) is 0. The smallest absolute Gasteiger partial charge is 0.182 e. The molecule has 0 heterocycles. The van der Waals surface area contributed by atoms with Crippen LogP contribution >= 0.6 is 0 Å². The molecule has 0 aliphatic carbocycles. The van der Waals surface area contributed by atoms with Gasteiger partial charge in [0.25, 0.3) is 0 Å². The van der Waals surface area contributed by atoms with Crippen LogP contribution in [0.1, 0.15) is 13.3 Å². The summed E-state index contributed by atoms with van der Waals surface area (Å²) in [4.78, 5) is 0. The predicted molar refractivity (Wildman–Crippen MR) is 38.4 cm³/mol. The van der Waals surface area contributed by atoms with Gasteiger partial charge in [-0.3, -0.25) is 0 Å². The molecule has 0 aromatic rings. The summed E-state index contributed by atoms with van der Waals surface area (Å²) in [6.45, 7) is 5.73. The molecule has 0 saturated carbocycles. The van der Waals surface area contributed by atoms with Crippen LogP contribution in [0, 0.1) is 6.92 Å². The monoisotopic (exact) mass is 147 g/mol. The number of rotatable bonds is 5. The van der Waals surface area contributed by atoms with Crippen LogP contribution in [0.15, 0.2) is 0 Å². The highest BCUT2D eigenvalue weighted by Gasteiger charge is 2.12. The molecule has 0 aliphatic rings. The Labute approximate surface area is 62.0 Å². The lowest BCUT2D eigenvalue weighted by Crippen LogP contribution is -2.28. The molecule has 0 rings (SSSR count). The van der Waals surface area contributed by atoms with Crippen molar-refractivity contribution in [2.75, 3.05) is 13.7 Å². The van der Waals surface area contributed by atoms with Gasteiger partial charge < -0.3 is 14.6 Å². The van der Waals surface area contributed by atoms with Gasteiger partial charge in [-0.25, -0.2) is 0 Å². The maximum atomic E-state index is 8.97. The van der Waals surface area contributed by atoms with E-state index in [4.69, 9.17) is 14.6 Å². The van der Waals surface area contributed by atoms with Crippen molar-refractivity contribution in [3.8, 4) is 0 Å². The molecule has 2 atom stereocenters. The SMILES string of the molecule is [CH2]CCOC(OC)C(C)O. The van der Waals surface area contributed by atoms with Crippen LogP contribution in [0.5, 0.6) is 0 Å². The molecule has 0 amide bonds. The van der Waals surface area contributed by atoms with Gasteiger partial charge in [0.1, 0.15) is 6.10 Å². The van der Waals surface area contributed by atoms with Gasteiger partial charge in [-0.1, -0.05) is 6.92 Å². The molecule has 0 bridgehead atoms. The Morgan fingerprint density at radius 1 is 1.60 bits per heavy atom. The van der Waals surface area contributed by atoms with E-state index in [9.17, 15) is 0 Å². The van der Waals surface area contributed by atoms with Gasteiger partial charge in [0.15, 0.2) is 6.29 Å². The fourth-order valence-corrected chi connectivity index (χ4v) is 0.604. The Balaban J connectivity index is 3.40. The number of aliphatic hydroxyl groups is 1. The average molecular weight is 147 g/mol. The van der Waals surface area contributed by atoms with Crippen LogP contribution in [0.3, 0.4) is 0 Å². The zero-order valence-electron chi connectivity index (χ0n) is 6.54. The van der Waals surface area contributed by atoms with E-state index in [0.717, 1.165) is 0 Å². The van der Waals surface area contributed by atoms with Crippen molar-refractivity contribution in [2.45, 2.75) is 25.7 Å². The number of hydrogen-bond donors (Lipinski definition) is 1. The van der Waals surface area contributed by atoms with Crippen molar-refractivity contribution < 1.29 is 14.6 Å². The molecule has 0 aromatic heterocycles. The molecule has 0 fully saturated rings. The number of ether oxygens (including phenoxy) is 2. The third kappa shape index (κ3) is 3.82. The molecule has 61 valence electrons. The van der Waals surface area contributed by atoms with Gasteiger partial charge in [0.2, 0.25) is 0 Å². The molecular formula is C7H15O3. The lowest BCUT2D eigenvalue weighted by molar-refractivity contribution is -0.173. The minimum absolute atomic E-state index is 0.512. The van der Waals surface area contributed by atoms with Crippen LogP contribution in [0.2, 0.25) is 0 Å². The number of methoxy groups -OCH3 is 1. The molecule has 1 N–H and O–H groups in total. The molecule has 2 unspecified atom stereocenters. The summed E-state index contributed by atoms with van der Waals surface area (Å²) < 4.78 is 9.88. The van der Waals surface area contributed by atoms with Crippen molar-refractivity contribution in [1.29, 1.82) is 0 Å². The summed E-state index contributed by atoms with van der Waals surface area (Å²) >= 11 is 0. The second-order valence-corrected chi connectivity index (χ2v) is 2.07. The van der Waals surface area contributed by atoms with Crippen LogP contribution in [0.4, 0.5) is 0 Å². The topological polar surface area (TPSA) is 38.7 Å². The first-order valence-electron chi connectivity index (χ1n) is 3.34. The molecule has 3 nitrogen and oxygen atoms in total. The highest BCUT2D eigenvalue weighted by Crippen LogP contribution is 1.99. The second-order valence-electron chi connectivity index (χ2n) is 2.07. The van der Waals surface area contributed by atoms with Gasteiger partial charge in [-0.15, -0.1) is 0 Å². The van der Waals surface area contributed by atoms with Crippen molar-refractivity contribution >= 4 is 0 Å². The highest BCUT2D eigenvalue weighted by atomic mass is 16.7. The van der Waals surface area contributed by atoms with E-state index in [1.165, 1.54) is 7.11 Å². The average Bonchev–Trinajstić information content (AvgIpc) is 1.89. The van der Waals surface area contributed by atoms with E-state index in [1.54, 1.807) is 6.92 Å². The molecule has 0 spiro atoms. The number of aliphatic hydroxyl groups excluding tert-OH is 1. The molecule has 10 heavy (non-hydrogen) atoms. The third-order valence-electron chi connectivity index (χ3n) is 1.05. The summed E-state index contributed by atoms with van der Waals surface area (Å²) in [5.41, 5.74) is 0. The zero-order valence-corrected chi connectivity index (χ0v) is 6.54. The van der Waals surface area contributed by atoms with Crippen molar-refractivity contribution in [3.05, 3.63) is 6.92 Å². The number of hydrogen-bond acceptors (Lipinski definition) is 3. The Bertz CT molecular complexity index is 73.3. The van der Waals surface area contributed by atoms with Crippen molar-refractivity contribution in [1.82, 2.24) is 0 Å². The molecule has 3 heteroatoms. The molecule has 0 aliphatic heterocycles. The van der Waals surface area contributed by atoms with E-state index >= 15 is 0 Å². The van der Waals surface area contributed by atoms with Crippen LogP contribution in [-0.4, -0.2) is 31.2 Å². The fraction of sp³-hybridized carbons (Fsp3) is 0.857. The quantitative estimate of drug-likeness (QED) is 0.578. The van der Waals surface area contributed by atoms with Gasteiger partial charge >= 0.3 is 0 Å². The first-order chi connectivity index (χ1) is 4.72. The first kappa shape index (κ1) is 9.88. The first-order valence-corrected chi connectivity index (χ1v) is 3.34. The minimum Gasteiger partial charge on any atom is -0.388 e. The second kappa shape index (κ2) is 5.65. The summed E-state index contributed by atoms with van der Waals surface area (Å²) in [5, 5.41) is 8.97. The van der Waals surface area contributed by atoms with Crippen molar-refractivity contribution in [2.24, 2.45) is 0 Å². The van der Waals surface area contributed by atoms with E-state index in [0.29, 0.717) is 13.0 Å². The Kier molecular flexibility index (Phi) is 5.58. The Hall–Kier alpha value is -0.120. The Morgan fingerprint density at radius 2 is 2.20 bits per heavy atom. The third-order valence-corrected chi connectivity index (χ3v) is 1.05. The fourth-order valence-electron chi connectivity index (χ4n) is 0.604. The van der Waals surface area contributed by atoms with E-state index < -0.39 is 12.4 Å². The molecule has 0 saturated heterocycles. The van der Waals surface area contributed by atoms with Crippen LogP contribution in [0.25, 0.3) is 0 Å².